The number of hydrogen-bond acceptors (Lipinski definition) is 2. The van der Waals surface area contributed by atoms with Gasteiger partial charge in [0.25, 0.3) is 0 Å². The van der Waals surface area contributed by atoms with Crippen LogP contribution in [0.5, 0.6) is 0 Å². The molecule has 1 aromatic heterocycles. The van der Waals surface area contributed by atoms with Crippen LogP contribution in [-0.4, -0.2) is 9.55 Å². The topological polar surface area (TPSA) is 43.8 Å². The van der Waals surface area contributed by atoms with E-state index in [0.29, 0.717) is 11.6 Å². The average molecular weight is 351 g/mol. The number of fused-ring (bicyclic) bond motifs is 1. The Morgan fingerprint density at radius 2 is 2.05 bits per heavy atom. The molecular formula is C15H13BrClN3. The molecule has 2 aromatic carbocycles. The Bertz CT molecular complexity index is 795. The molecule has 0 saturated carbocycles. The molecule has 0 amide bonds. The minimum absolute atomic E-state index is 0.531. The van der Waals surface area contributed by atoms with Crippen molar-refractivity contribution in [3.8, 4) is 11.4 Å². The second-order valence-corrected chi connectivity index (χ2v) is 5.91. The summed E-state index contributed by atoms with van der Waals surface area (Å²) in [7, 11) is 2.01. The fraction of sp³-hybridized carbons (Fsp3) is 0.133. The summed E-state index contributed by atoms with van der Waals surface area (Å²) in [4.78, 5) is 4.69. The molecule has 0 aliphatic carbocycles. The van der Waals surface area contributed by atoms with E-state index in [-0.39, 0.29) is 0 Å². The predicted octanol–water partition coefficient (Wildman–Crippen LogP) is 4.11. The SMILES string of the molecule is Cn1c(-c2ccc(Cl)c(Br)c2)nc2ccc(CN)cc21. The average Bonchev–Trinajstić information content (AvgIpc) is 2.79. The standard InChI is InChI=1S/C15H13BrClN3/c1-20-14-6-9(8-18)2-5-13(14)19-15(20)10-3-4-12(17)11(16)7-10/h2-7H,8,18H2,1H3. The zero-order valence-electron chi connectivity index (χ0n) is 10.9. The van der Waals surface area contributed by atoms with Crippen molar-refractivity contribution in [1.29, 1.82) is 0 Å². The van der Waals surface area contributed by atoms with Crippen molar-refractivity contribution >= 4 is 38.6 Å². The van der Waals surface area contributed by atoms with E-state index in [1.54, 1.807) is 0 Å². The van der Waals surface area contributed by atoms with E-state index < -0.39 is 0 Å². The van der Waals surface area contributed by atoms with Gasteiger partial charge in [-0.05, 0) is 51.8 Å². The molecule has 3 rings (SSSR count). The maximum absolute atomic E-state index is 6.04. The van der Waals surface area contributed by atoms with Gasteiger partial charge in [-0.1, -0.05) is 17.7 Å². The third-order valence-corrected chi connectivity index (χ3v) is 4.57. The minimum Gasteiger partial charge on any atom is -0.327 e. The fourth-order valence-electron chi connectivity index (χ4n) is 2.26. The predicted molar refractivity (Wildman–Crippen MR) is 86.8 cm³/mol. The van der Waals surface area contributed by atoms with Gasteiger partial charge in [0.1, 0.15) is 5.82 Å². The van der Waals surface area contributed by atoms with Crippen LogP contribution in [0.25, 0.3) is 22.4 Å². The van der Waals surface area contributed by atoms with Gasteiger partial charge in [-0.3, -0.25) is 0 Å². The summed E-state index contributed by atoms with van der Waals surface area (Å²) in [5, 5.41) is 0.693. The van der Waals surface area contributed by atoms with Crippen LogP contribution in [0.1, 0.15) is 5.56 Å². The van der Waals surface area contributed by atoms with Crippen molar-refractivity contribution in [2.45, 2.75) is 6.54 Å². The summed E-state index contributed by atoms with van der Waals surface area (Å²) in [6.45, 7) is 0.531. The molecule has 0 spiro atoms. The molecule has 0 saturated heterocycles. The van der Waals surface area contributed by atoms with Crippen LogP contribution in [0.15, 0.2) is 40.9 Å². The number of hydrogen-bond donors (Lipinski definition) is 1. The Labute approximate surface area is 130 Å². The number of aryl methyl sites for hydroxylation is 1. The lowest BCUT2D eigenvalue weighted by Gasteiger charge is -2.04. The Hall–Kier alpha value is -1.36. The van der Waals surface area contributed by atoms with Gasteiger partial charge in [0.05, 0.1) is 16.1 Å². The highest BCUT2D eigenvalue weighted by Gasteiger charge is 2.11. The van der Waals surface area contributed by atoms with Gasteiger partial charge < -0.3 is 10.3 Å². The number of imidazole rings is 1. The molecule has 0 fully saturated rings. The molecule has 0 bridgehead atoms. The summed E-state index contributed by atoms with van der Waals surface area (Å²) in [5.74, 6) is 0.909. The van der Waals surface area contributed by atoms with Crippen molar-refractivity contribution in [2.24, 2.45) is 12.8 Å². The van der Waals surface area contributed by atoms with Crippen molar-refractivity contribution in [1.82, 2.24) is 9.55 Å². The minimum atomic E-state index is 0.531. The highest BCUT2D eigenvalue weighted by molar-refractivity contribution is 9.10. The zero-order chi connectivity index (χ0) is 14.3. The summed E-state index contributed by atoms with van der Waals surface area (Å²) >= 11 is 9.49. The molecule has 2 N–H and O–H groups in total. The van der Waals surface area contributed by atoms with Gasteiger partial charge in [-0.25, -0.2) is 4.98 Å². The Morgan fingerprint density at radius 1 is 1.25 bits per heavy atom. The number of nitrogens with zero attached hydrogens (tertiary/aromatic N) is 2. The summed E-state index contributed by atoms with van der Waals surface area (Å²) in [6.07, 6.45) is 0. The van der Waals surface area contributed by atoms with Gasteiger partial charge in [-0.2, -0.15) is 0 Å². The zero-order valence-corrected chi connectivity index (χ0v) is 13.2. The molecular weight excluding hydrogens is 338 g/mol. The van der Waals surface area contributed by atoms with Crippen molar-refractivity contribution in [2.75, 3.05) is 0 Å². The summed E-state index contributed by atoms with van der Waals surface area (Å²) < 4.78 is 2.94. The first-order valence-electron chi connectivity index (χ1n) is 6.21. The second kappa shape index (κ2) is 5.20. The van der Waals surface area contributed by atoms with E-state index in [4.69, 9.17) is 17.3 Å². The van der Waals surface area contributed by atoms with Gasteiger partial charge in [0, 0.05) is 23.6 Å². The number of aromatic nitrogens is 2. The first kappa shape index (κ1) is 13.6. The van der Waals surface area contributed by atoms with Crippen LogP contribution in [-0.2, 0) is 13.6 Å². The van der Waals surface area contributed by atoms with E-state index in [2.05, 4.69) is 31.5 Å². The lowest BCUT2D eigenvalue weighted by molar-refractivity contribution is 0.956. The van der Waals surface area contributed by atoms with Crippen molar-refractivity contribution in [3.63, 3.8) is 0 Å². The van der Waals surface area contributed by atoms with Gasteiger partial charge in [0.2, 0.25) is 0 Å². The molecule has 0 radical (unpaired) electrons. The van der Waals surface area contributed by atoms with Crippen molar-refractivity contribution < 1.29 is 0 Å². The van der Waals surface area contributed by atoms with E-state index in [0.717, 1.165) is 32.5 Å². The molecule has 3 aromatic rings. The van der Waals surface area contributed by atoms with Crippen LogP contribution in [0.3, 0.4) is 0 Å². The molecule has 1 heterocycles. The van der Waals surface area contributed by atoms with E-state index in [9.17, 15) is 0 Å². The number of halogens is 2. The second-order valence-electron chi connectivity index (χ2n) is 4.65. The van der Waals surface area contributed by atoms with Crippen LogP contribution in [0.4, 0.5) is 0 Å². The maximum atomic E-state index is 6.04. The largest absolute Gasteiger partial charge is 0.327 e. The van der Waals surface area contributed by atoms with E-state index in [1.165, 1.54) is 0 Å². The van der Waals surface area contributed by atoms with Gasteiger partial charge >= 0.3 is 0 Å². The van der Waals surface area contributed by atoms with E-state index in [1.807, 2.05) is 37.4 Å². The van der Waals surface area contributed by atoms with Crippen LogP contribution in [0, 0.1) is 0 Å². The molecule has 20 heavy (non-hydrogen) atoms. The summed E-state index contributed by atoms with van der Waals surface area (Å²) in [6, 6.07) is 11.9. The first-order chi connectivity index (χ1) is 9.60. The Morgan fingerprint density at radius 3 is 2.75 bits per heavy atom. The molecule has 0 atom stereocenters. The number of nitrogens with two attached hydrogens (primary N) is 1. The lowest BCUT2D eigenvalue weighted by Crippen LogP contribution is -1.97. The van der Waals surface area contributed by atoms with Crippen molar-refractivity contribution in [3.05, 3.63) is 51.5 Å². The third kappa shape index (κ3) is 2.24. The molecule has 3 nitrogen and oxygen atoms in total. The lowest BCUT2D eigenvalue weighted by atomic mass is 10.2. The molecule has 0 aliphatic rings. The molecule has 0 unspecified atom stereocenters. The third-order valence-electron chi connectivity index (χ3n) is 3.36. The monoisotopic (exact) mass is 349 g/mol. The van der Waals surface area contributed by atoms with Gasteiger partial charge in [-0.15, -0.1) is 0 Å². The molecule has 0 aliphatic heterocycles. The normalized spacial score (nSPS) is 11.2. The van der Waals surface area contributed by atoms with Crippen LogP contribution in [0.2, 0.25) is 5.02 Å². The first-order valence-corrected chi connectivity index (χ1v) is 7.38. The molecule has 5 heteroatoms. The summed E-state index contributed by atoms with van der Waals surface area (Å²) in [5.41, 5.74) is 9.86. The van der Waals surface area contributed by atoms with Crippen LogP contribution >= 0.6 is 27.5 Å². The Kier molecular flexibility index (Phi) is 3.54. The molecule has 102 valence electrons. The number of benzene rings is 2. The highest BCUT2D eigenvalue weighted by atomic mass is 79.9. The highest BCUT2D eigenvalue weighted by Crippen LogP contribution is 2.30. The fourth-order valence-corrected chi connectivity index (χ4v) is 2.75. The quantitative estimate of drug-likeness (QED) is 0.755. The van der Waals surface area contributed by atoms with Gasteiger partial charge in [0.15, 0.2) is 0 Å². The Balaban J connectivity index is 2.21. The van der Waals surface area contributed by atoms with Crippen LogP contribution < -0.4 is 5.73 Å². The van der Waals surface area contributed by atoms with E-state index >= 15 is 0 Å². The maximum Gasteiger partial charge on any atom is 0.140 e. The smallest absolute Gasteiger partial charge is 0.140 e. The number of rotatable bonds is 2.